The molecular formula is C12H14N4O2S2. The van der Waals surface area contributed by atoms with Crippen molar-refractivity contribution in [3.05, 3.63) is 29.6 Å². The van der Waals surface area contributed by atoms with Crippen LogP contribution in [0, 0.1) is 6.92 Å². The van der Waals surface area contributed by atoms with Crippen molar-refractivity contribution >= 4 is 28.5 Å². The molecule has 0 radical (unpaired) electrons. The van der Waals surface area contributed by atoms with Gasteiger partial charge in [0.05, 0.1) is 0 Å². The number of nitrogens with zero attached hydrogens (tertiary/aromatic N) is 4. The van der Waals surface area contributed by atoms with E-state index in [1.807, 2.05) is 19.1 Å². The molecule has 2 rings (SSSR count). The molecular weight excluding hydrogens is 296 g/mol. The zero-order valence-electron chi connectivity index (χ0n) is 11.4. The summed E-state index contributed by atoms with van der Waals surface area (Å²) < 4.78 is 9.59. The second-order valence-electron chi connectivity index (χ2n) is 4.20. The van der Waals surface area contributed by atoms with E-state index in [9.17, 15) is 4.79 Å². The highest BCUT2D eigenvalue weighted by molar-refractivity contribution is 8.13. The van der Waals surface area contributed by atoms with E-state index in [1.165, 1.54) is 4.90 Å². The Bertz CT molecular complexity index is 583. The second-order valence-corrected chi connectivity index (χ2v) is 5.83. The number of aryl methyl sites for hydroxylation is 1. The van der Waals surface area contributed by atoms with Crippen LogP contribution in [0.25, 0.3) is 0 Å². The van der Waals surface area contributed by atoms with Crippen LogP contribution in [0.2, 0.25) is 0 Å². The highest BCUT2D eigenvalue weighted by atomic mass is 32.2. The minimum Gasteiger partial charge on any atom is -0.464 e. The van der Waals surface area contributed by atoms with Crippen molar-refractivity contribution in [3.63, 3.8) is 0 Å². The first kappa shape index (κ1) is 14.7. The van der Waals surface area contributed by atoms with Gasteiger partial charge in [-0.05, 0) is 13.0 Å². The Morgan fingerprint density at radius 3 is 2.90 bits per heavy atom. The van der Waals surface area contributed by atoms with Gasteiger partial charge < -0.3 is 9.64 Å². The van der Waals surface area contributed by atoms with E-state index in [4.69, 9.17) is 4.74 Å². The summed E-state index contributed by atoms with van der Waals surface area (Å²) in [5.41, 5.74) is 1.93. The monoisotopic (exact) mass is 310 g/mol. The molecule has 1 amide bonds. The molecule has 0 aliphatic carbocycles. The maximum atomic E-state index is 11.5. The van der Waals surface area contributed by atoms with Crippen molar-refractivity contribution in [3.8, 4) is 5.19 Å². The summed E-state index contributed by atoms with van der Waals surface area (Å²) in [6.45, 7) is 2.31. The van der Waals surface area contributed by atoms with Crippen molar-refractivity contribution in [1.29, 1.82) is 0 Å². The smallest absolute Gasteiger partial charge is 0.294 e. The number of aromatic nitrogens is 3. The van der Waals surface area contributed by atoms with Crippen LogP contribution in [0.4, 0.5) is 4.79 Å². The molecule has 2 heterocycles. The van der Waals surface area contributed by atoms with Crippen LogP contribution in [0.15, 0.2) is 23.5 Å². The van der Waals surface area contributed by atoms with Gasteiger partial charge in [-0.3, -0.25) is 9.78 Å². The van der Waals surface area contributed by atoms with Crippen LogP contribution in [-0.2, 0) is 6.61 Å². The largest absolute Gasteiger partial charge is 0.464 e. The Hall–Kier alpha value is -1.67. The zero-order valence-corrected chi connectivity index (χ0v) is 13.0. The Kier molecular flexibility index (Phi) is 4.91. The van der Waals surface area contributed by atoms with Gasteiger partial charge in [-0.15, -0.1) is 0 Å². The van der Waals surface area contributed by atoms with Crippen molar-refractivity contribution in [2.45, 2.75) is 18.7 Å². The molecule has 0 saturated heterocycles. The zero-order chi connectivity index (χ0) is 14.5. The van der Waals surface area contributed by atoms with E-state index in [-0.39, 0.29) is 5.24 Å². The Morgan fingerprint density at radius 1 is 1.45 bits per heavy atom. The number of rotatable bonds is 4. The van der Waals surface area contributed by atoms with Gasteiger partial charge in [0.15, 0.2) is 0 Å². The van der Waals surface area contributed by atoms with Gasteiger partial charge in [0.2, 0.25) is 5.16 Å². The Balaban J connectivity index is 1.89. The molecule has 8 heteroatoms. The van der Waals surface area contributed by atoms with E-state index in [0.29, 0.717) is 17.0 Å². The lowest BCUT2D eigenvalue weighted by molar-refractivity contribution is 0.241. The number of hydrogen-bond acceptors (Lipinski definition) is 7. The number of thioether (sulfide) groups is 1. The summed E-state index contributed by atoms with van der Waals surface area (Å²) in [7, 11) is 3.37. The van der Waals surface area contributed by atoms with E-state index in [2.05, 4.69) is 14.3 Å². The van der Waals surface area contributed by atoms with E-state index in [1.54, 1.807) is 20.3 Å². The summed E-state index contributed by atoms with van der Waals surface area (Å²) in [6, 6.07) is 3.88. The first-order chi connectivity index (χ1) is 9.54. The fourth-order valence-corrected chi connectivity index (χ4v) is 2.42. The second kappa shape index (κ2) is 6.67. The van der Waals surface area contributed by atoms with Crippen molar-refractivity contribution in [2.75, 3.05) is 14.1 Å². The predicted octanol–water partition coefficient (Wildman–Crippen LogP) is 2.59. The molecule has 0 aromatic carbocycles. The summed E-state index contributed by atoms with van der Waals surface area (Å²) in [6.07, 6.45) is 1.77. The third-order valence-corrected chi connectivity index (χ3v) is 3.92. The summed E-state index contributed by atoms with van der Waals surface area (Å²) in [5.74, 6) is 0. The number of pyridine rings is 1. The third-order valence-electron chi connectivity index (χ3n) is 2.27. The van der Waals surface area contributed by atoms with Crippen LogP contribution in [0.5, 0.6) is 5.19 Å². The molecule has 2 aromatic rings. The maximum absolute atomic E-state index is 11.5. The van der Waals surface area contributed by atoms with E-state index < -0.39 is 0 Å². The third kappa shape index (κ3) is 4.17. The fourth-order valence-electron chi connectivity index (χ4n) is 1.20. The lowest BCUT2D eigenvalue weighted by Crippen LogP contribution is -2.16. The van der Waals surface area contributed by atoms with Gasteiger partial charge in [0.25, 0.3) is 10.4 Å². The quantitative estimate of drug-likeness (QED) is 0.809. The first-order valence-electron chi connectivity index (χ1n) is 5.82. The molecule has 0 spiro atoms. The summed E-state index contributed by atoms with van der Waals surface area (Å²) in [4.78, 5) is 21.3. The average Bonchev–Trinajstić information content (AvgIpc) is 2.85. The highest BCUT2D eigenvalue weighted by Gasteiger charge is 2.12. The summed E-state index contributed by atoms with van der Waals surface area (Å²) in [5, 5.41) is 0.738. The molecule has 0 bridgehead atoms. The molecule has 20 heavy (non-hydrogen) atoms. The van der Waals surface area contributed by atoms with Gasteiger partial charge >= 0.3 is 0 Å². The van der Waals surface area contributed by atoms with Gasteiger partial charge in [-0.25, -0.2) is 0 Å². The predicted molar refractivity (Wildman–Crippen MR) is 78.2 cm³/mol. The molecule has 2 aromatic heterocycles. The maximum Gasteiger partial charge on any atom is 0.294 e. The van der Waals surface area contributed by atoms with Gasteiger partial charge in [-0.1, -0.05) is 6.07 Å². The normalized spacial score (nSPS) is 10.3. The molecule has 0 N–H and O–H groups in total. The molecule has 0 aliphatic heterocycles. The fraction of sp³-hybridized carbons (Fsp3) is 0.333. The first-order valence-corrected chi connectivity index (χ1v) is 7.41. The molecule has 106 valence electrons. The van der Waals surface area contributed by atoms with Crippen LogP contribution in [0.1, 0.15) is 11.3 Å². The Labute approximate surface area is 125 Å². The minimum atomic E-state index is -0.114. The molecule has 0 aliphatic rings. The van der Waals surface area contributed by atoms with Crippen LogP contribution in [-0.4, -0.2) is 38.6 Å². The summed E-state index contributed by atoms with van der Waals surface area (Å²) >= 11 is 2.11. The number of carbonyl (C=O) groups excluding carboxylic acids is 1. The van der Waals surface area contributed by atoms with Crippen molar-refractivity contribution in [1.82, 2.24) is 19.2 Å². The van der Waals surface area contributed by atoms with Crippen molar-refractivity contribution in [2.24, 2.45) is 0 Å². The lowest BCUT2D eigenvalue weighted by atomic mass is 10.3. The standard InChI is InChI=1S/C12H14N4O2S2/c1-8-4-5-9(6-13-8)7-18-11-14-10(15-20-11)19-12(17)16(2)3/h4-6H,7H2,1-3H3. The van der Waals surface area contributed by atoms with E-state index in [0.717, 1.165) is 34.6 Å². The van der Waals surface area contributed by atoms with Gasteiger partial charge in [0, 0.05) is 54.8 Å². The highest BCUT2D eigenvalue weighted by Crippen LogP contribution is 2.23. The Morgan fingerprint density at radius 2 is 2.25 bits per heavy atom. The molecule has 6 nitrogen and oxygen atoms in total. The number of ether oxygens (including phenoxy) is 1. The molecule has 0 saturated carbocycles. The van der Waals surface area contributed by atoms with Crippen molar-refractivity contribution < 1.29 is 9.53 Å². The average molecular weight is 310 g/mol. The van der Waals surface area contributed by atoms with Crippen LogP contribution < -0.4 is 4.74 Å². The van der Waals surface area contributed by atoms with Crippen LogP contribution >= 0.6 is 23.3 Å². The van der Waals surface area contributed by atoms with Gasteiger partial charge in [-0.2, -0.15) is 9.36 Å². The molecule has 0 atom stereocenters. The number of hydrogen-bond donors (Lipinski definition) is 0. The van der Waals surface area contributed by atoms with Gasteiger partial charge in [0.1, 0.15) is 6.61 Å². The topological polar surface area (TPSA) is 68.2 Å². The number of carbonyl (C=O) groups is 1. The lowest BCUT2D eigenvalue weighted by Gasteiger charge is -2.06. The molecule has 0 fully saturated rings. The van der Waals surface area contributed by atoms with Crippen LogP contribution in [0.3, 0.4) is 0 Å². The van der Waals surface area contributed by atoms with E-state index >= 15 is 0 Å². The SMILES string of the molecule is Cc1ccc(COc2nc(SC(=O)N(C)C)ns2)cn1. The molecule has 0 unspecified atom stereocenters. The minimum absolute atomic E-state index is 0.114. The number of amides is 1.